The van der Waals surface area contributed by atoms with E-state index in [9.17, 15) is 19.5 Å². The van der Waals surface area contributed by atoms with Crippen LogP contribution in [0.4, 0.5) is 4.79 Å². The number of rotatable bonds is 3. The molecule has 0 unspecified atom stereocenters. The number of H-pyrrole nitrogens is 1. The fourth-order valence-electron chi connectivity index (χ4n) is 4.51. The van der Waals surface area contributed by atoms with Crippen molar-refractivity contribution in [1.82, 2.24) is 9.88 Å². The number of aromatic amines is 1. The van der Waals surface area contributed by atoms with Crippen molar-refractivity contribution in [1.29, 1.82) is 0 Å². The van der Waals surface area contributed by atoms with Crippen molar-refractivity contribution in [3.8, 4) is 11.1 Å². The largest absolute Gasteiger partial charge is 0.477 e. The van der Waals surface area contributed by atoms with E-state index < -0.39 is 17.6 Å². The van der Waals surface area contributed by atoms with Crippen LogP contribution in [0.2, 0.25) is 0 Å². The maximum atomic E-state index is 12.8. The van der Waals surface area contributed by atoms with Crippen molar-refractivity contribution >= 4 is 12.1 Å². The van der Waals surface area contributed by atoms with E-state index in [-0.39, 0.29) is 24.6 Å². The van der Waals surface area contributed by atoms with E-state index in [2.05, 4.69) is 29.2 Å². The van der Waals surface area contributed by atoms with Gasteiger partial charge in [-0.25, -0.2) is 9.59 Å². The van der Waals surface area contributed by atoms with Crippen LogP contribution in [0.1, 0.15) is 38.7 Å². The number of carboxylic acid groups (broad SMARTS) is 1. The van der Waals surface area contributed by atoms with Gasteiger partial charge in [0.05, 0.1) is 6.54 Å². The quantitative estimate of drug-likeness (QED) is 0.682. The molecular weight excluding hydrogens is 396 g/mol. The Morgan fingerprint density at radius 1 is 1.06 bits per heavy atom. The summed E-state index contributed by atoms with van der Waals surface area (Å²) >= 11 is 0. The van der Waals surface area contributed by atoms with Gasteiger partial charge in [0.2, 0.25) is 0 Å². The van der Waals surface area contributed by atoms with Gasteiger partial charge in [-0.2, -0.15) is 0 Å². The van der Waals surface area contributed by atoms with Crippen LogP contribution in [0.15, 0.2) is 59.4 Å². The van der Waals surface area contributed by atoms with Crippen LogP contribution in [0.5, 0.6) is 0 Å². The molecule has 0 bridgehead atoms. The van der Waals surface area contributed by atoms with E-state index in [1.165, 1.54) is 6.07 Å². The van der Waals surface area contributed by atoms with Crippen LogP contribution in [0.25, 0.3) is 11.1 Å². The van der Waals surface area contributed by atoms with Gasteiger partial charge in [-0.05, 0) is 33.9 Å². The summed E-state index contributed by atoms with van der Waals surface area (Å²) < 4.78 is 5.69. The number of pyridine rings is 1. The predicted molar refractivity (Wildman–Crippen MR) is 113 cm³/mol. The van der Waals surface area contributed by atoms with Crippen molar-refractivity contribution in [2.24, 2.45) is 0 Å². The van der Waals surface area contributed by atoms with E-state index >= 15 is 0 Å². The zero-order valence-electron chi connectivity index (χ0n) is 16.6. The van der Waals surface area contributed by atoms with E-state index in [1.807, 2.05) is 24.3 Å². The number of hydrogen-bond acceptors (Lipinski definition) is 4. The van der Waals surface area contributed by atoms with Crippen LogP contribution in [0.3, 0.4) is 0 Å². The number of amides is 1. The zero-order chi connectivity index (χ0) is 21.5. The van der Waals surface area contributed by atoms with Gasteiger partial charge in [-0.15, -0.1) is 0 Å². The standard InChI is InChI=1S/C24H20N2O5/c27-22-19(23(28)29)11-14-12-26(10-9-21(14)25-22)24(30)31-13-20-17-7-3-1-5-15(17)16-6-2-4-8-18(16)20/h1-8,11,20H,9-10,12-13H2,(H,25,27)(H,28,29). The molecule has 3 aromatic rings. The molecule has 0 radical (unpaired) electrons. The van der Waals surface area contributed by atoms with Crippen LogP contribution in [-0.4, -0.2) is 40.2 Å². The van der Waals surface area contributed by atoms with E-state index in [4.69, 9.17) is 4.74 Å². The molecular formula is C24H20N2O5. The number of benzene rings is 2. The molecule has 2 aromatic carbocycles. The fraction of sp³-hybridized carbons (Fsp3) is 0.208. The first kappa shape index (κ1) is 19.1. The Morgan fingerprint density at radius 2 is 1.71 bits per heavy atom. The monoisotopic (exact) mass is 416 g/mol. The Hall–Kier alpha value is -3.87. The molecule has 0 saturated heterocycles. The summed E-state index contributed by atoms with van der Waals surface area (Å²) in [5.41, 5.74) is 4.95. The summed E-state index contributed by atoms with van der Waals surface area (Å²) in [6.45, 7) is 0.817. The third-order valence-corrected chi connectivity index (χ3v) is 6.03. The Balaban J connectivity index is 1.33. The molecule has 0 atom stereocenters. The Morgan fingerprint density at radius 3 is 2.35 bits per heavy atom. The van der Waals surface area contributed by atoms with E-state index in [1.54, 1.807) is 4.90 Å². The normalized spacial score (nSPS) is 14.5. The van der Waals surface area contributed by atoms with Crippen LogP contribution in [-0.2, 0) is 17.7 Å². The minimum absolute atomic E-state index is 0.0246. The minimum atomic E-state index is -1.29. The number of aromatic nitrogens is 1. The van der Waals surface area contributed by atoms with Gasteiger partial charge >= 0.3 is 12.1 Å². The summed E-state index contributed by atoms with van der Waals surface area (Å²) in [6, 6.07) is 17.6. The molecule has 1 aliphatic carbocycles. The highest BCUT2D eigenvalue weighted by atomic mass is 16.6. The van der Waals surface area contributed by atoms with E-state index in [0.29, 0.717) is 24.2 Å². The van der Waals surface area contributed by atoms with E-state index in [0.717, 1.165) is 22.3 Å². The highest BCUT2D eigenvalue weighted by molar-refractivity contribution is 5.87. The number of nitrogens with zero attached hydrogens (tertiary/aromatic N) is 1. The Kier molecular flexibility index (Phi) is 4.58. The molecule has 7 nitrogen and oxygen atoms in total. The van der Waals surface area contributed by atoms with Crippen molar-refractivity contribution < 1.29 is 19.4 Å². The van der Waals surface area contributed by atoms with Crippen LogP contribution in [0, 0.1) is 0 Å². The number of carbonyl (C=O) groups excluding carboxylic acids is 1. The summed E-state index contributed by atoms with van der Waals surface area (Å²) in [7, 11) is 0. The number of aromatic carboxylic acids is 1. The number of fused-ring (bicyclic) bond motifs is 4. The van der Waals surface area contributed by atoms with Gasteiger partial charge in [0, 0.05) is 24.6 Å². The van der Waals surface area contributed by atoms with Gasteiger partial charge in [0.25, 0.3) is 5.56 Å². The first-order valence-corrected chi connectivity index (χ1v) is 10.1. The van der Waals surface area contributed by atoms with Gasteiger partial charge in [0.15, 0.2) is 0 Å². The molecule has 0 saturated carbocycles. The average molecular weight is 416 g/mol. The zero-order valence-corrected chi connectivity index (χ0v) is 16.6. The lowest BCUT2D eigenvalue weighted by Crippen LogP contribution is -2.38. The molecule has 2 N–H and O–H groups in total. The SMILES string of the molecule is O=C(O)c1cc2c([nH]c1=O)CCN(C(=O)OCC1c3ccccc3-c3ccccc31)C2. The molecule has 0 fully saturated rings. The highest BCUT2D eigenvalue weighted by Gasteiger charge is 2.30. The third kappa shape index (κ3) is 3.28. The summed E-state index contributed by atoms with van der Waals surface area (Å²) in [4.78, 5) is 40.1. The molecule has 1 aliphatic heterocycles. The third-order valence-electron chi connectivity index (χ3n) is 6.03. The second-order valence-corrected chi connectivity index (χ2v) is 7.80. The van der Waals surface area contributed by atoms with Gasteiger partial charge in [-0.3, -0.25) is 4.79 Å². The molecule has 0 spiro atoms. The van der Waals surface area contributed by atoms with Crippen molar-refractivity contribution in [3.05, 3.63) is 92.9 Å². The predicted octanol–water partition coefficient (Wildman–Crippen LogP) is 3.38. The lowest BCUT2D eigenvalue weighted by atomic mass is 9.98. The molecule has 31 heavy (non-hydrogen) atoms. The number of nitrogens with one attached hydrogen (secondary N) is 1. The molecule has 1 amide bonds. The lowest BCUT2D eigenvalue weighted by molar-refractivity contribution is 0.0694. The van der Waals surface area contributed by atoms with Crippen molar-refractivity contribution in [2.75, 3.05) is 13.2 Å². The molecule has 5 rings (SSSR count). The highest BCUT2D eigenvalue weighted by Crippen LogP contribution is 2.44. The maximum Gasteiger partial charge on any atom is 0.410 e. The van der Waals surface area contributed by atoms with Crippen molar-refractivity contribution in [2.45, 2.75) is 18.9 Å². The fourth-order valence-corrected chi connectivity index (χ4v) is 4.51. The van der Waals surface area contributed by atoms with Crippen LogP contribution >= 0.6 is 0 Å². The van der Waals surface area contributed by atoms with Crippen molar-refractivity contribution in [3.63, 3.8) is 0 Å². The summed E-state index contributed by atoms with van der Waals surface area (Å²) in [5, 5.41) is 9.18. The second-order valence-electron chi connectivity index (χ2n) is 7.80. The molecule has 2 aliphatic rings. The summed E-state index contributed by atoms with van der Waals surface area (Å²) in [6.07, 6.45) is -0.00938. The number of ether oxygens (including phenoxy) is 1. The average Bonchev–Trinajstić information content (AvgIpc) is 3.10. The van der Waals surface area contributed by atoms with Gasteiger partial charge in [0.1, 0.15) is 12.2 Å². The summed E-state index contributed by atoms with van der Waals surface area (Å²) in [5.74, 6) is -1.31. The second kappa shape index (κ2) is 7.43. The Bertz CT molecular complexity index is 1220. The maximum absolute atomic E-state index is 12.8. The minimum Gasteiger partial charge on any atom is -0.477 e. The Labute approximate surface area is 177 Å². The number of hydrogen-bond donors (Lipinski definition) is 2. The van der Waals surface area contributed by atoms with Crippen LogP contribution < -0.4 is 5.56 Å². The topological polar surface area (TPSA) is 99.7 Å². The molecule has 1 aromatic heterocycles. The number of carboxylic acids is 1. The lowest BCUT2D eigenvalue weighted by Gasteiger charge is -2.28. The first-order valence-electron chi connectivity index (χ1n) is 10.1. The first-order chi connectivity index (χ1) is 15.0. The van der Waals surface area contributed by atoms with Gasteiger partial charge in [-0.1, -0.05) is 48.5 Å². The molecule has 156 valence electrons. The number of carbonyl (C=O) groups is 2. The smallest absolute Gasteiger partial charge is 0.410 e. The molecule has 2 heterocycles. The van der Waals surface area contributed by atoms with Gasteiger partial charge < -0.3 is 19.7 Å². The molecule has 7 heteroatoms.